The lowest BCUT2D eigenvalue weighted by molar-refractivity contribution is 0.102. The average Bonchev–Trinajstić information content (AvgIpc) is 2.94. The van der Waals surface area contributed by atoms with Crippen LogP contribution in [0, 0.1) is 6.92 Å². The molecule has 0 bridgehead atoms. The summed E-state index contributed by atoms with van der Waals surface area (Å²) in [4.78, 5) is 29.1. The van der Waals surface area contributed by atoms with Crippen LogP contribution in [-0.2, 0) is 5.41 Å². The van der Waals surface area contributed by atoms with Crippen LogP contribution in [0.1, 0.15) is 61.5 Å². The van der Waals surface area contributed by atoms with E-state index in [-0.39, 0.29) is 11.3 Å². The molecule has 0 spiro atoms. The largest absolute Gasteiger partial charge is 0.495 e. The molecule has 1 saturated heterocycles. The van der Waals surface area contributed by atoms with Crippen LogP contribution < -0.4 is 21.1 Å². The number of guanidine groups is 1. The Morgan fingerprint density at radius 2 is 1.85 bits per heavy atom. The first kappa shape index (κ1) is 28.6. The zero-order chi connectivity index (χ0) is 28.9. The quantitative estimate of drug-likeness (QED) is 0.440. The molecular weight excluding hydrogens is 502 g/mol. The number of nitrogens with two attached hydrogens (primary N) is 1. The predicted molar refractivity (Wildman–Crippen MR) is 165 cm³/mol. The minimum absolute atomic E-state index is 0.0777. The predicted octanol–water partition coefficient (Wildman–Crippen LogP) is 5.60. The molecule has 1 amide bonds. The van der Waals surface area contributed by atoms with Gasteiger partial charge in [0.1, 0.15) is 23.0 Å². The number of likely N-dealkylation sites (tertiary alicyclic amines) is 1. The summed E-state index contributed by atoms with van der Waals surface area (Å²) in [6.45, 7) is 13.8. The fourth-order valence-corrected chi connectivity index (χ4v) is 4.57. The summed E-state index contributed by atoms with van der Waals surface area (Å²) in [7, 11) is 1.59. The van der Waals surface area contributed by atoms with E-state index >= 15 is 0 Å². The molecule has 2 aliphatic heterocycles. The van der Waals surface area contributed by atoms with E-state index in [1.54, 1.807) is 25.5 Å². The van der Waals surface area contributed by atoms with Gasteiger partial charge in [0.2, 0.25) is 5.96 Å². The first-order chi connectivity index (χ1) is 19.1. The normalized spacial score (nSPS) is 17.8. The molecule has 1 fully saturated rings. The van der Waals surface area contributed by atoms with Gasteiger partial charge >= 0.3 is 0 Å². The smallest absolute Gasteiger partial charge is 0.255 e. The monoisotopic (exact) mass is 541 g/mol. The van der Waals surface area contributed by atoms with Crippen molar-refractivity contribution < 1.29 is 9.53 Å². The summed E-state index contributed by atoms with van der Waals surface area (Å²) >= 11 is 0. The zero-order valence-corrected chi connectivity index (χ0v) is 24.0. The van der Waals surface area contributed by atoms with Crippen molar-refractivity contribution in [1.82, 2.24) is 4.90 Å². The Morgan fingerprint density at radius 1 is 1.10 bits per heavy atom. The summed E-state index contributed by atoms with van der Waals surface area (Å²) in [6.07, 6.45) is 6.53. The lowest BCUT2D eigenvalue weighted by atomic mass is 9.87. The molecule has 40 heavy (non-hydrogen) atoms. The van der Waals surface area contributed by atoms with Crippen molar-refractivity contribution in [3.63, 3.8) is 0 Å². The van der Waals surface area contributed by atoms with Gasteiger partial charge in [-0.05, 0) is 67.0 Å². The van der Waals surface area contributed by atoms with E-state index < -0.39 is 0 Å². The lowest BCUT2D eigenvalue weighted by Crippen LogP contribution is -2.37. The van der Waals surface area contributed by atoms with Crippen LogP contribution in [0.2, 0.25) is 0 Å². The fraction of sp³-hybridized carbons (Fsp3) is 0.355. The number of piperidine rings is 1. The Morgan fingerprint density at radius 3 is 2.52 bits per heavy atom. The van der Waals surface area contributed by atoms with E-state index in [0.29, 0.717) is 45.9 Å². The third kappa shape index (κ3) is 6.59. The van der Waals surface area contributed by atoms with Crippen LogP contribution in [-0.4, -0.2) is 48.9 Å². The first-order valence-corrected chi connectivity index (χ1v) is 13.5. The number of carbonyl (C=O) groups is 1. The second kappa shape index (κ2) is 12.2. The number of aliphatic imine (C=N–C) groups is 3. The van der Waals surface area contributed by atoms with Gasteiger partial charge in [-0.3, -0.25) is 9.79 Å². The topological polar surface area (TPSA) is 117 Å². The Kier molecular flexibility index (Phi) is 8.72. The van der Waals surface area contributed by atoms with Gasteiger partial charge in [-0.2, -0.15) is 0 Å². The van der Waals surface area contributed by atoms with E-state index in [1.165, 1.54) is 12.6 Å². The van der Waals surface area contributed by atoms with Crippen molar-refractivity contribution in [2.24, 2.45) is 20.7 Å². The summed E-state index contributed by atoms with van der Waals surface area (Å²) in [6, 6.07) is 11.3. The molecule has 9 nitrogen and oxygen atoms in total. The summed E-state index contributed by atoms with van der Waals surface area (Å²) in [5.74, 6) is 1.26. The maximum Gasteiger partial charge on any atom is 0.255 e. The summed E-state index contributed by atoms with van der Waals surface area (Å²) in [5.41, 5.74) is 11.2. The number of aryl methyl sites for hydroxylation is 1. The average molecular weight is 542 g/mol. The Labute approximate surface area is 236 Å². The number of nitrogens with one attached hydrogen (secondary N) is 2. The highest BCUT2D eigenvalue weighted by Crippen LogP contribution is 2.32. The van der Waals surface area contributed by atoms with Crippen LogP contribution >= 0.6 is 0 Å². The highest BCUT2D eigenvalue weighted by Gasteiger charge is 2.22. The maximum absolute atomic E-state index is 13.3. The van der Waals surface area contributed by atoms with Crippen LogP contribution in [0.25, 0.3) is 0 Å². The lowest BCUT2D eigenvalue weighted by Gasteiger charge is -2.29. The van der Waals surface area contributed by atoms with Crippen LogP contribution in [0.4, 0.5) is 11.4 Å². The van der Waals surface area contributed by atoms with Gasteiger partial charge in [-0.1, -0.05) is 39.5 Å². The van der Waals surface area contributed by atoms with Crippen molar-refractivity contribution in [3.05, 3.63) is 77.4 Å². The van der Waals surface area contributed by atoms with Crippen molar-refractivity contribution in [1.29, 1.82) is 0 Å². The van der Waals surface area contributed by atoms with Crippen LogP contribution in [0.15, 0.2) is 75.7 Å². The van der Waals surface area contributed by atoms with Gasteiger partial charge in [-0.25, -0.2) is 9.98 Å². The first-order valence-electron chi connectivity index (χ1n) is 13.5. The number of hydrogen-bond acceptors (Lipinski definition) is 8. The molecule has 0 aromatic heterocycles. The Hall–Kier alpha value is -4.40. The number of rotatable bonds is 6. The SMILES string of the molecule is C=C/N=C1/C=NC(N2CCCCC2)=N/C1=C(/N)Nc1cc(C(=O)Nc2cc(C(C)(C)C)ccc2OC)ccc1C. The Balaban J connectivity index is 1.62. The van der Waals surface area contributed by atoms with Gasteiger partial charge in [0, 0.05) is 30.5 Å². The second-order valence-electron chi connectivity index (χ2n) is 11.0. The van der Waals surface area contributed by atoms with Crippen molar-refractivity contribution in [3.8, 4) is 5.75 Å². The highest BCUT2D eigenvalue weighted by molar-refractivity contribution is 6.41. The van der Waals surface area contributed by atoms with E-state index in [1.807, 2.05) is 31.2 Å². The number of methoxy groups -OCH3 is 1. The molecular formula is C31H39N7O2. The van der Waals surface area contributed by atoms with Crippen LogP contribution in [0.3, 0.4) is 0 Å². The molecule has 4 rings (SSSR count). The molecule has 0 aliphatic carbocycles. The molecule has 0 saturated carbocycles. The molecule has 210 valence electrons. The molecule has 4 N–H and O–H groups in total. The molecule has 0 atom stereocenters. The number of amides is 1. The highest BCUT2D eigenvalue weighted by atomic mass is 16.5. The summed E-state index contributed by atoms with van der Waals surface area (Å²) < 4.78 is 5.50. The molecule has 0 unspecified atom stereocenters. The molecule has 2 aromatic carbocycles. The molecule has 2 heterocycles. The van der Waals surface area contributed by atoms with Gasteiger partial charge in [0.25, 0.3) is 5.91 Å². The number of allylic oxidation sites excluding steroid dienone is 1. The third-order valence-corrected chi connectivity index (χ3v) is 6.96. The van der Waals surface area contributed by atoms with E-state index in [4.69, 9.17) is 15.5 Å². The Bertz CT molecular complexity index is 1410. The van der Waals surface area contributed by atoms with Gasteiger partial charge in [0.15, 0.2) is 0 Å². The number of carbonyl (C=O) groups excluding carboxylic acids is 1. The third-order valence-electron chi connectivity index (χ3n) is 6.96. The van der Waals surface area contributed by atoms with E-state index in [9.17, 15) is 4.79 Å². The standard InChI is InChI=1S/C31H39N7O2/c1-7-33-25-19-34-30(38-15-9-8-10-16-38)37-27(25)28(32)35-23-17-21(12-11-20(23)2)29(39)36-24-18-22(31(3,4)5)13-14-26(24)40-6/h7,11-14,17-19,35H,1,8-10,15-16,32H2,2-6H3,(H,36,39)/b28-27-,33-25-. The number of ether oxygens (including phenoxy) is 1. The van der Waals surface area contributed by atoms with Gasteiger partial charge < -0.3 is 26.0 Å². The van der Waals surface area contributed by atoms with Gasteiger partial charge in [-0.15, -0.1) is 0 Å². The minimum Gasteiger partial charge on any atom is -0.495 e. The van der Waals surface area contributed by atoms with E-state index in [0.717, 1.165) is 37.1 Å². The number of benzene rings is 2. The minimum atomic E-state index is -0.261. The zero-order valence-electron chi connectivity index (χ0n) is 24.0. The number of nitrogens with zero attached hydrogens (tertiary/aromatic N) is 4. The molecule has 2 aliphatic rings. The molecule has 9 heteroatoms. The van der Waals surface area contributed by atoms with Crippen molar-refractivity contribution in [2.75, 3.05) is 30.8 Å². The maximum atomic E-state index is 13.3. The van der Waals surface area contributed by atoms with E-state index in [2.05, 4.69) is 52.9 Å². The van der Waals surface area contributed by atoms with Gasteiger partial charge in [0.05, 0.1) is 19.0 Å². The molecule has 2 aromatic rings. The van der Waals surface area contributed by atoms with Crippen molar-refractivity contribution in [2.45, 2.75) is 52.4 Å². The number of hydrogen-bond donors (Lipinski definition) is 3. The summed E-state index contributed by atoms with van der Waals surface area (Å²) in [5, 5.41) is 6.26. The van der Waals surface area contributed by atoms with Crippen molar-refractivity contribution >= 4 is 35.2 Å². The number of anilines is 2. The molecule has 0 radical (unpaired) electrons. The van der Waals surface area contributed by atoms with Crippen LogP contribution in [0.5, 0.6) is 5.75 Å². The second-order valence-corrected chi connectivity index (χ2v) is 11.0. The fourth-order valence-electron chi connectivity index (χ4n) is 4.57.